The number of halogens is 2. The first-order chi connectivity index (χ1) is 15.7. The third kappa shape index (κ3) is 3.49. The van der Waals surface area contributed by atoms with Crippen molar-refractivity contribution in [2.75, 3.05) is 0 Å². The van der Waals surface area contributed by atoms with Gasteiger partial charge in [-0.2, -0.15) is 0 Å². The number of benzene rings is 2. The summed E-state index contributed by atoms with van der Waals surface area (Å²) in [5.41, 5.74) is 1.96. The molecule has 3 aromatic heterocycles. The zero-order valence-electron chi connectivity index (χ0n) is 17.3. The molecule has 5 rings (SSSR count). The molecule has 0 saturated carbocycles. The maximum absolute atomic E-state index is 14.2. The molecule has 2 N–H and O–H groups in total. The molecule has 0 aliphatic rings. The van der Waals surface area contributed by atoms with Crippen molar-refractivity contribution in [1.82, 2.24) is 9.55 Å². The fourth-order valence-electron chi connectivity index (χ4n) is 4.15. The van der Waals surface area contributed by atoms with E-state index in [-0.39, 0.29) is 28.4 Å². The highest BCUT2D eigenvalue weighted by Crippen LogP contribution is 2.34. The zero-order chi connectivity index (χ0) is 23.5. The summed E-state index contributed by atoms with van der Waals surface area (Å²) in [6, 6.07) is 11.4. The highest BCUT2D eigenvalue weighted by molar-refractivity contribution is 7.89. The second kappa shape index (κ2) is 7.65. The third-order valence-electron chi connectivity index (χ3n) is 5.70. The lowest BCUT2D eigenvalue weighted by Gasteiger charge is -2.11. The van der Waals surface area contributed by atoms with Crippen LogP contribution in [-0.4, -0.2) is 18.0 Å². The lowest BCUT2D eigenvalue weighted by atomic mass is 10.1. The Morgan fingerprint density at radius 2 is 1.97 bits per heavy atom. The van der Waals surface area contributed by atoms with E-state index in [4.69, 9.17) is 21.2 Å². The average Bonchev–Trinajstić information content (AvgIpc) is 3.09. The predicted octanol–water partition coefficient (Wildman–Crippen LogP) is 4.35. The second-order valence-corrected chi connectivity index (χ2v) is 9.62. The molecular weight excluding hydrogens is 469 g/mol. The quantitative estimate of drug-likeness (QED) is 0.407. The van der Waals surface area contributed by atoms with Crippen LogP contribution in [0.3, 0.4) is 0 Å². The van der Waals surface area contributed by atoms with Gasteiger partial charge in [-0.3, -0.25) is 0 Å². The van der Waals surface area contributed by atoms with Gasteiger partial charge in [0, 0.05) is 39.4 Å². The minimum atomic E-state index is -4.31. The SMILES string of the molecule is CCc1ccc2c(c1)c1c3cccnc3oc(=O)c1n2Cc1cc(S(N)(=O)=O)c(F)cc1Cl. The van der Waals surface area contributed by atoms with Gasteiger partial charge in [0.05, 0.1) is 0 Å². The lowest BCUT2D eigenvalue weighted by Crippen LogP contribution is -2.15. The Kier molecular flexibility index (Phi) is 5.00. The van der Waals surface area contributed by atoms with Gasteiger partial charge < -0.3 is 8.98 Å². The maximum Gasteiger partial charge on any atom is 0.362 e. The molecule has 0 amide bonds. The van der Waals surface area contributed by atoms with E-state index in [0.717, 1.165) is 29.5 Å². The molecule has 3 heterocycles. The summed E-state index contributed by atoms with van der Waals surface area (Å²) in [6.45, 7) is 2.02. The van der Waals surface area contributed by atoms with Crippen LogP contribution in [0.4, 0.5) is 4.39 Å². The summed E-state index contributed by atoms with van der Waals surface area (Å²) in [4.78, 5) is 16.6. The van der Waals surface area contributed by atoms with Gasteiger partial charge in [-0.1, -0.05) is 24.6 Å². The molecule has 0 aliphatic heterocycles. The number of hydrogen-bond acceptors (Lipinski definition) is 5. The zero-order valence-corrected chi connectivity index (χ0v) is 18.9. The topological polar surface area (TPSA) is 108 Å². The Balaban J connectivity index is 1.88. The third-order valence-corrected chi connectivity index (χ3v) is 6.97. The lowest BCUT2D eigenvalue weighted by molar-refractivity contribution is 0.553. The number of nitrogens with zero attached hydrogens (tertiary/aromatic N) is 2. The molecule has 0 atom stereocenters. The number of aryl methyl sites for hydroxylation is 1. The summed E-state index contributed by atoms with van der Waals surface area (Å²) >= 11 is 6.25. The Morgan fingerprint density at radius 1 is 1.18 bits per heavy atom. The van der Waals surface area contributed by atoms with Crippen molar-refractivity contribution in [3.63, 3.8) is 0 Å². The highest BCUT2D eigenvalue weighted by Gasteiger charge is 2.22. The van der Waals surface area contributed by atoms with Crippen LogP contribution >= 0.6 is 11.6 Å². The fraction of sp³-hybridized carbons (Fsp3) is 0.130. The summed E-state index contributed by atoms with van der Waals surface area (Å²) in [7, 11) is -4.31. The first-order valence-corrected chi connectivity index (χ1v) is 11.9. The van der Waals surface area contributed by atoms with E-state index in [1.54, 1.807) is 16.8 Å². The van der Waals surface area contributed by atoms with E-state index in [0.29, 0.717) is 16.3 Å². The van der Waals surface area contributed by atoms with Crippen LogP contribution in [0.2, 0.25) is 5.02 Å². The van der Waals surface area contributed by atoms with Crippen LogP contribution in [0.5, 0.6) is 0 Å². The van der Waals surface area contributed by atoms with Crippen molar-refractivity contribution >= 4 is 54.5 Å². The van der Waals surface area contributed by atoms with Crippen LogP contribution in [0.1, 0.15) is 18.1 Å². The molecule has 0 saturated heterocycles. The maximum atomic E-state index is 14.2. The molecule has 7 nitrogen and oxygen atoms in total. The minimum absolute atomic E-state index is 0.00641. The Labute approximate surface area is 192 Å². The number of primary sulfonamides is 1. The van der Waals surface area contributed by atoms with Gasteiger partial charge in [0.25, 0.3) is 0 Å². The first kappa shape index (κ1) is 21.6. The number of rotatable bonds is 4. The van der Waals surface area contributed by atoms with Crippen molar-refractivity contribution in [2.24, 2.45) is 5.14 Å². The molecule has 0 unspecified atom stereocenters. The molecule has 2 aromatic carbocycles. The first-order valence-electron chi connectivity index (χ1n) is 10.0. The van der Waals surface area contributed by atoms with Gasteiger partial charge in [-0.05, 0) is 53.9 Å². The normalized spacial score (nSPS) is 12.2. The van der Waals surface area contributed by atoms with Crippen molar-refractivity contribution in [3.05, 3.63) is 81.0 Å². The van der Waals surface area contributed by atoms with E-state index < -0.39 is 26.4 Å². The van der Waals surface area contributed by atoms with Crippen molar-refractivity contribution in [3.8, 4) is 0 Å². The van der Waals surface area contributed by atoms with Gasteiger partial charge in [-0.25, -0.2) is 27.7 Å². The van der Waals surface area contributed by atoms with Gasteiger partial charge >= 0.3 is 5.63 Å². The fourth-order valence-corrected chi connectivity index (χ4v) is 5.00. The largest absolute Gasteiger partial charge is 0.402 e. The molecule has 10 heteroatoms. The Bertz CT molecular complexity index is 1760. The highest BCUT2D eigenvalue weighted by atomic mass is 35.5. The monoisotopic (exact) mass is 485 g/mol. The standard InChI is InChI=1S/C23H17ClFN3O4S/c1-2-12-5-6-18-15(8-12)20-14-4-3-7-27-22(14)32-23(29)21(20)28(18)11-13-9-19(33(26,30)31)17(25)10-16(13)24/h3-10H,2,11H2,1H3,(H2,26,30,31). The minimum Gasteiger partial charge on any atom is -0.402 e. The molecular formula is C23H17ClFN3O4S. The van der Waals surface area contributed by atoms with E-state index in [1.165, 1.54) is 0 Å². The molecule has 0 bridgehead atoms. The smallest absolute Gasteiger partial charge is 0.362 e. The summed E-state index contributed by atoms with van der Waals surface area (Å²) in [5.74, 6) is -1.04. The van der Waals surface area contributed by atoms with Crippen LogP contribution in [0, 0.1) is 5.82 Å². The number of aromatic nitrogens is 2. The Morgan fingerprint density at radius 3 is 2.70 bits per heavy atom. The second-order valence-electron chi connectivity index (χ2n) is 7.68. The predicted molar refractivity (Wildman–Crippen MR) is 125 cm³/mol. The van der Waals surface area contributed by atoms with Crippen molar-refractivity contribution in [1.29, 1.82) is 0 Å². The van der Waals surface area contributed by atoms with E-state index in [9.17, 15) is 17.6 Å². The Hall–Kier alpha value is -3.27. The summed E-state index contributed by atoms with van der Waals surface area (Å²) in [5, 5.41) is 7.32. The number of sulfonamides is 1. The van der Waals surface area contributed by atoms with Crippen molar-refractivity contribution < 1.29 is 17.2 Å². The van der Waals surface area contributed by atoms with Gasteiger partial charge in [0.15, 0.2) is 0 Å². The van der Waals surface area contributed by atoms with Crippen LogP contribution in [0.15, 0.2) is 62.8 Å². The molecule has 0 radical (unpaired) electrons. The van der Waals surface area contributed by atoms with E-state index in [1.807, 2.05) is 31.2 Å². The van der Waals surface area contributed by atoms with Gasteiger partial charge in [0.1, 0.15) is 16.2 Å². The molecule has 0 spiro atoms. The van der Waals surface area contributed by atoms with E-state index >= 15 is 0 Å². The van der Waals surface area contributed by atoms with E-state index in [2.05, 4.69) is 4.98 Å². The average molecular weight is 486 g/mol. The number of hydrogen-bond donors (Lipinski definition) is 1. The van der Waals surface area contributed by atoms with Gasteiger partial charge in [0.2, 0.25) is 15.7 Å². The van der Waals surface area contributed by atoms with Crippen molar-refractivity contribution in [2.45, 2.75) is 24.8 Å². The van der Waals surface area contributed by atoms with Crippen LogP contribution in [0.25, 0.3) is 32.9 Å². The molecule has 33 heavy (non-hydrogen) atoms. The molecule has 5 aromatic rings. The number of pyridine rings is 1. The van der Waals surface area contributed by atoms with Gasteiger partial charge in [-0.15, -0.1) is 0 Å². The number of fused-ring (bicyclic) bond motifs is 5. The summed E-state index contributed by atoms with van der Waals surface area (Å²) in [6.07, 6.45) is 2.34. The van der Waals surface area contributed by atoms with Crippen LogP contribution in [-0.2, 0) is 23.0 Å². The molecule has 168 valence electrons. The molecule has 0 aliphatic carbocycles. The summed E-state index contributed by atoms with van der Waals surface area (Å²) < 4.78 is 45.0. The number of nitrogens with two attached hydrogens (primary N) is 1. The molecule has 0 fully saturated rings. The van der Waals surface area contributed by atoms with Crippen LogP contribution < -0.4 is 10.8 Å².